The zero-order chi connectivity index (χ0) is 28.9. The summed E-state index contributed by atoms with van der Waals surface area (Å²) < 4.78 is 21.3. The Morgan fingerprint density at radius 1 is 0.950 bits per heavy atom. The highest BCUT2D eigenvalue weighted by Gasteiger charge is 2.15. The van der Waals surface area contributed by atoms with E-state index in [9.17, 15) is 9.59 Å². The van der Waals surface area contributed by atoms with Crippen LogP contribution in [-0.2, 0) is 9.47 Å². The molecule has 1 aliphatic rings. The first kappa shape index (κ1) is 29.9. The van der Waals surface area contributed by atoms with Gasteiger partial charge in [-0.25, -0.2) is 4.79 Å². The molecule has 0 aliphatic carbocycles. The van der Waals surface area contributed by atoms with E-state index < -0.39 is 11.9 Å². The highest BCUT2D eigenvalue weighted by Crippen LogP contribution is 2.33. The fourth-order valence-corrected chi connectivity index (χ4v) is 3.89. The number of morpholine rings is 1. The molecule has 1 amide bonds. The maximum atomic E-state index is 11.8. The third-order valence-corrected chi connectivity index (χ3v) is 5.98. The van der Waals surface area contributed by atoms with E-state index in [-0.39, 0.29) is 12.2 Å². The van der Waals surface area contributed by atoms with E-state index in [1.807, 2.05) is 12.2 Å². The molecule has 8 N–H and O–H groups in total. The third kappa shape index (κ3) is 8.45. The zero-order valence-corrected chi connectivity index (χ0v) is 22.7. The number of rotatable bonds is 12. The second-order valence-corrected chi connectivity index (χ2v) is 8.70. The fraction of sp³-hybridized carbons (Fsp3) is 0.357. The molecule has 3 rings (SSSR count). The lowest BCUT2D eigenvalue weighted by molar-refractivity contribution is 0.0443. The van der Waals surface area contributed by atoms with Gasteiger partial charge in [-0.3, -0.25) is 9.69 Å². The van der Waals surface area contributed by atoms with Crippen molar-refractivity contribution in [3.8, 4) is 23.3 Å². The van der Waals surface area contributed by atoms with Crippen molar-refractivity contribution in [3.63, 3.8) is 0 Å². The van der Waals surface area contributed by atoms with Crippen LogP contribution in [0, 0.1) is 11.8 Å². The van der Waals surface area contributed by atoms with Crippen molar-refractivity contribution >= 4 is 34.6 Å². The number of nitrogens with one attached hydrogen (secondary N) is 2. The number of carbonyl (C=O) groups is 2. The van der Waals surface area contributed by atoms with Gasteiger partial charge in [0.05, 0.1) is 50.9 Å². The van der Waals surface area contributed by atoms with Gasteiger partial charge in [0.25, 0.3) is 0 Å². The van der Waals surface area contributed by atoms with Crippen LogP contribution < -0.4 is 37.3 Å². The highest BCUT2D eigenvalue weighted by molar-refractivity contribution is 5.96. The Hall–Kier alpha value is -4.60. The number of benzene rings is 2. The molecule has 0 saturated carbocycles. The first-order chi connectivity index (χ1) is 19.3. The number of methoxy groups -OCH3 is 2. The number of primary amides is 1. The summed E-state index contributed by atoms with van der Waals surface area (Å²) in [5.74, 6) is 5.77. The largest absolute Gasteiger partial charge is 0.494 e. The Morgan fingerprint density at radius 3 is 2.15 bits per heavy atom. The molecule has 0 unspecified atom stereocenters. The third-order valence-electron chi connectivity index (χ3n) is 5.98. The first-order valence-corrected chi connectivity index (χ1v) is 12.6. The highest BCUT2D eigenvalue weighted by atomic mass is 16.5. The molecule has 1 aliphatic heterocycles. The normalized spacial score (nSPS) is 13.2. The Morgan fingerprint density at radius 2 is 1.55 bits per heavy atom. The van der Waals surface area contributed by atoms with E-state index in [1.54, 1.807) is 12.1 Å². The minimum Gasteiger partial charge on any atom is -0.494 e. The standard InChI is InChI=1S/C28H36N6O6/c1-37-23-18-20(28(36)38-2)16-22(30)25(23)32-7-3-4-8-33-26-21(29)15-19(27(31)35)17-24(26)40-12-6-5-9-34-10-13-39-14-11-34/h3-4,15-18,32-33H,7-14,29-30H2,1-2H3,(H2,31,35)/b4-3+. The van der Waals surface area contributed by atoms with Gasteiger partial charge in [0, 0.05) is 31.7 Å². The van der Waals surface area contributed by atoms with Gasteiger partial charge in [-0.05, 0) is 24.3 Å². The van der Waals surface area contributed by atoms with Crippen LogP contribution in [0.5, 0.6) is 11.5 Å². The van der Waals surface area contributed by atoms with E-state index in [4.69, 9.17) is 36.1 Å². The summed E-state index contributed by atoms with van der Waals surface area (Å²) in [5, 5.41) is 6.39. The molecule has 0 spiro atoms. The number of ether oxygens (including phenoxy) is 4. The lowest BCUT2D eigenvalue weighted by atomic mass is 10.1. The topological polar surface area (TPSA) is 176 Å². The summed E-state index contributed by atoms with van der Waals surface area (Å²) in [4.78, 5) is 25.8. The van der Waals surface area contributed by atoms with Crippen LogP contribution in [-0.4, -0.2) is 83.5 Å². The zero-order valence-electron chi connectivity index (χ0n) is 22.7. The monoisotopic (exact) mass is 552 g/mol. The van der Waals surface area contributed by atoms with Crippen molar-refractivity contribution < 1.29 is 28.5 Å². The molecular formula is C28H36N6O6. The predicted octanol–water partition coefficient (Wildman–Crippen LogP) is 1.54. The molecular weight excluding hydrogens is 516 g/mol. The van der Waals surface area contributed by atoms with E-state index >= 15 is 0 Å². The van der Waals surface area contributed by atoms with E-state index in [2.05, 4.69) is 27.4 Å². The van der Waals surface area contributed by atoms with Crippen LogP contribution in [0.2, 0.25) is 0 Å². The van der Waals surface area contributed by atoms with Gasteiger partial charge in [-0.1, -0.05) is 24.0 Å². The van der Waals surface area contributed by atoms with Crippen LogP contribution in [0.25, 0.3) is 0 Å². The van der Waals surface area contributed by atoms with Crippen molar-refractivity contribution in [1.82, 2.24) is 4.90 Å². The molecule has 0 radical (unpaired) electrons. The quantitative estimate of drug-likeness (QED) is 0.112. The SMILES string of the molecule is COC(=O)c1cc(N)c(NC/C=C/CNc2c(N)cc(C(N)=O)cc2OCC#CCN2CCOCC2)c(OC)c1. The molecule has 1 fully saturated rings. The Balaban J connectivity index is 1.58. The van der Waals surface area contributed by atoms with E-state index in [0.29, 0.717) is 72.7 Å². The number of hydrogen-bond acceptors (Lipinski definition) is 11. The number of carbonyl (C=O) groups excluding carboxylic acids is 2. The molecule has 40 heavy (non-hydrogen) atoms. The number of nitrogens with zero attached hydrogens (tertiary/aromatic N) is 1. The molecule has 0 aromatic heterocycles. The summed E-state index contributed by atoms with van der Waals surface area (Å²) in [6, 6.07) is 6.13. The Kier molecular flexibility index (Phi) is 11.3. The van der Waals surface area contributed by atoms with E-state index in [0.717, 1.165) is 13.1 Å². The van der Waals surface area contributed by atoms with Crippen LogP contribution >= 0.6 is 0 Å². The van der Waals surface area contributed by atoms with Gasteiger partial charge < -0.3 is 46.8 Å². The smallest absolute Gasteiger partial charge is 0.338 e. The number of nitrogens with two attached hydrogens (primary N) is 3. The van der Waals surface area contributed by atoms with Crippen LogP contribution in [0.3, 0.4) is 0 Å². The summed E-state index contributed by atoms with van der Waals surface area (Å²) in [6.07, 6.45) is 3.76. The Labute approximate surface area is 233 Å². The minimum atomic E-state index is -0.609. The average molecular weight is 553 g/mol. The molecule has 12 heteroatoms. The molecule has 0 bridgehead atoms. The van der Waals surface area contributed by atoms with Gasteiger partial charge in [0.1, 0.15) is 29.5 Å². The summed E-state index contributed by atoms with van der Waals surface area (Å²) in [7, 11) is 2.79. The van der Waals surface area contributed by atoms with Crippen molar-refractivity contribution in [2.75, 3.05) is 88.9 Å². The second kappa shape index (κ2) is 15.1. The molecule has 1 saturated heterocycles. The van der Waals surface area contributed by atoms with Crippen molar-refractivity contribution in [2.24, 2.45) is 5.73 Å². The number of nitrogen functional groups attached to an aromatic ring is 2. The number of anilines is 4. The number of amides is 1. The van der Waals surface area contributed by atoms with Crippen LogP contribution in [0.1, 0.15) is 20.7 Å². The molecule has 0 atom stereocenters. The van der Waals surface area contributed by atoms with Crippen molar-refractivity contribution in [2.45, 2.75) is 0 Å². The summed E-state index contributed by atoms with van der Waals surface area (Å²) in [6.45, 7) is 4.73. The minimum absolute atomic E-state index is 0.123. The molecule has 1 heterocycles. The van der Waals surface area contributed by atoms with Crippen molar-refractivity contribution in [3.05, 3.63) is 47.5 Å². The maximum absolute atomic E-state index is 11.8. The van der Waals surface area contributed by atoms with Gasteiger partial charge in [-0.2, -0.15) is 0 Å². The molecule has 2 aromatic carbocycles. The first-order valence-electron chi connectivity index (χ1n) is 12.6. The van der Waals surface area contributed by atoms with Gasteiger partial charge >= 0.3 is 5.97 Å². The average Bonchev–Trinajstić information content (AvgIpc) is 2.95. The molecule has 12 nitrogen and oxygen atoms in total. The van der Waals surface area contributed by atoms with Crippen LogP contribution in [0.15, 0.2) is 36.4 Å². The maximum Gasteiger partial charge on any atom is 0.338 e. The lowest BCUT2D eigenvalue weighted by Gasteiger charge is -2.24. The summed E-state index contributed by atoms with van der Waals surface area (Å²) >= 11 is 0. The fourth-order valence-electron chi connectivity index (χ4n) is 3.89. The van der Waals surface area contributed by atoms with E-state index in [1.165, 1.54) is 26.4 Å². The predicted molar refractivity (Wildman–Crippen MR) is 155 cm³/mol. The van der Waals surface area contributed by atoms with Gasteiger partial charge in [-0.15, -0.1) is 0 Å². The van der Waals surface area contributed by atoms with Gasteiger partial charge in [0.2, 0.25) is 5.91 Å². The van der Waals surface area contributed by atoms with Crippen LogP contribution in [0.4, 0.5) is 22.7 Å². The van der Waals surface area contributed by atoms with Crippen molar-refractivity contribution in [1.29, 1.82) is 0 Å². The number of esters is 1. The number of hydrogen-bond donors (Lipinski definition) is 5. The molecule has 214 valence electrons. The summed E-state index contributed by atoms with van der Waals surface area (Å²) in [5.41, 5.74) is 20.0. The molecule has 2 aromatic rings. The lowest BCUT2D eigenvalue weighted by Crippen LogP contribution is -2.36. The van der Waals surface area contributed by atoms with Gasteiger partial charge in [0.15, 0.2) is 0 Å². The Bertz CT molecular complexity index is 1280. The second-order valence-electron chi connectivity index (χ2n) is 8.70.